The van der Waals surface area contributed by atoms with Gasteiger partial charge >= 0.3 is 6.43 Å². The number of hydrogen-bond donors (Lipinski definition) is 2. The minimum absolute atomic E-state index is 0.105. The number of rotatable bonds is 5. The van der Waals surface area contributed by atoms with E-state index in [1.165, 1.54) is 30.3 Å². The zero-order chi connectivity index (χ0) is 17.9. The fourth-order valence-electron chi connectivity index (χ4n) is 1.89. The number of nitrogen functional groups attached to an aromatic ring is 1. The lowest BCUT2D eigenvalue weighted by atomic mass is 10.2. The summed E-state index contributed by atoms with van der Waals surface area (Å²) in [5.41, 5.74) is 6.58. The molecular formula is C14H14F2N4O3S. The summed E-state index contributed by atoms with van der Waals surface area (Å²) in [7, 11) is -3.29. The second-order valence-corrected chi connectivity index (χ2v) is 7.19. The van der Waals surface area contributed by atoms with Gasteiger partial charge in [-0.2, -0.15) is 8.78 Å². The van der Waals surface area contributed by atoms with E-state index in [2.05, 4.69) is 9.97 Å². The van der Waals surface area contributed by atoms with Gasteiger partial charge < -0.3 is 11.1 Å². The monoisotopic (exact) mass is 356 g/mol. The smallest absolute Gasteiger partial charge is 0.315 e. The molecule has 2 aromatic rings. The largest absolute Gasteiger partial charge is 0.384 e. The van der Waals surface area contributed by atoms with Crippen molar-refractivity contribution in [2.75, 3.05) is 17.3 Å². The van der Waals surface area contributed by atoms with Crippen molar-refractivity contribution >= 4 is 27.2 Å². The van der Waals surface area contributed by atoms with E-state index in [1.54, 1.807) is 0 Å². The maximum absolute atomic E-state index is 12.2. The van der Waals surface area contributed by atoms with Gasteiger partial charge in [0.15, 0.2) is 15.7 Å². The van der Waals surface area contributed by atoms with Gasteiger partial charge in [-0.05, 0) is 24.3 Å². The van der Waals surface area contributed by atoms with Gasteiger partial charge in [0.25, 0.3) is 5.91 Å². The number of carbonyl (C=O) groups excluding carboxylic acids is 1. The fourth-order valence-corrected chi connectivity index (χ4v) is 2.57. The molecule has 0 bridgehead atoms. The Bertz CT molecular complexity index is 855. The van der Waals surface area contributed by atoms with E-state index in [-0.39, 0.29) is 28.8 Å². The van der Waals surface area contributed by atoms with Crippen LogP contribution in [-0.4, -0.2) is 37.0 Å². The number of carbonyl (C=O) groups is 1. The van der Waals surface area contributed by atoms with Crippen LogP contribution >= 0.6 is 0 Å². The van der Waals surface area contributed by atoms with E-state index < -0.39 is 22.2 Å². The molecule has 1 amide bonds. The fraction of sp³-hybridized carbons (Fsp3) is 0.214. The summed E-state index contributed by atoms with van der Waals surface area (Å²) in [4.78, 5) is 19.1. The second kappa shape index (κ2) is 6.87. The zero-order valence-electron chi connectivity index (χ0n) is 12.5. The molecule has 0 aliphatic carbocycles. The van der Waals surface area contributed by atoms with Crippen molar-refractivity contribution in [2.24, 2.45) is 0 Å². The van der Waals surface area contributed by atoms with Gasteiger partial charge in [-0.25, -0.2) is 18.4 Å². The molecule has 0 saturated heterocycles. The average molecular weight is 356 g/mol. The van der Waals surface area contributed by atoms with Crippen LogP contribution in [0.1, 0.15) is 5.69 Å². The number of nitrogens with zero attached hydrogens (tertiary/aromatic N) is 2. The first-order valence-electron chi connectivity index (χ1n) is 6.64. The highest BCUT2D eigenvalue weighted by Gasteiger charge is 2.15. The average Bonchev–Trinajstić information content (AvgIpc) is 2.45. The number of halogens is 2. The molecule has 1 aromatic heterocycles. The molecule has 24 heavy (non-hydrogen) atoms. The molecule has 0 spiro atoms. The molecule has 0 saturated carbocycles. The summed E-state index contributed by atoms with van der Waals surface area (Å²) in [6, 6.07) is 7.17. The maximum Gasteiger partial charge on any atom is 0.315 e. The molecule has 0 radical (unpaired) electrons. The van der Waals surface area contributed by atoms with Crippen LogP contribution in [0.5, 0.6) is 0 Å². The zero-order valence-corrected chi connectivity index (χ0v) is 13.3. The first kappa shape index (κ1) is 17.7. The molecule has 0 fully saturated rings. The number of anilines is 2. The van der Waals surface area contributed by atoms with Crippen LogP contribution in [0.25, 0.3) is 11.4 Å². The number of aromatic nitrogens is 2. The van der Waals surface area contributed by atoms with Crippen LogP contribution in [0.15, 0.2) is 30.3 Å². The molecule has 3 N–H and O–H groups in total. The number of hydrogen-bond acceptors (Lipinski definition) is 6. The highest BCUT2D eigenvalue weighted by molar-refractivity contribution is 7.89. The van der Waals surface area contributed by atoms with Crippen molar-refractivity contribution in [1.29, 1.82) is 0 Å². The lowest BCUT2D eigenvalue weighted by molar-refractivity contribution is -0.126. The standard InChI is InChI=1S/C14H14F2N4O3S/c1-24(22,23)7-10-6-11(17)20-13(18-10)8-2-4-9(5-3-8)19-14(21)12(15)16/h2-6,12H,7H2,1H3,(H,19,21)(H2,17,18,20). The molecule has 2 rings (SSSR count). The van der Waals surface area contributed by atoms with E-state index in [0.29, 0.717) is 5.56 Å². The van der Waals surface area contributed by atoms with Gasteiger partial charge in [0.05, 0.1) is 11.4 Å². The van der Waals surface area contributed by atoms with Gasteiger partial charge in [0.1, 0.15) is 5.82 Å². The molecule has 0 aliphatic heterocycles. The van der Waals surface area contributed by atoms with Crippen LogP contribution in [-0.2, 0) is 20.4 Å². The Morgan fingerprint density at radius 1 is 1.25 bits per heavy atom. The number of sulfone groups is 1. The molecule has 1 heterocycles. The summed E-state index contributed by atoms with van der Waals surface area (Å²) >= 11 is 0. The van der Waals surface area contributed by atoms with E-state index in [4.69, 9.17) is 5.73 Å². The molecular weight excluding hydrogens is 342 g/mol. The quantitative estimate of drug-likeness (QED) is 0.838. The Hall–Kier alpha value is -2.62. The van der Waals surface area contributed by atoms with Crippen LogP contribution < -0.4 is 11.1 Å². The van der Waals surface area contributed by atoms with Gasteiger partial charge in [-0.1, -0.05) is 0 Å². The number of nitrogens with one attached hydrogen (secondary N) is 1. The van der Waals surface area contributed by atoms with Crippen molar-refractivity contribution < 1.29 is 22.0 Å². The highest BCUT2D eigenvalue weighted by atomic mass is 32.2. The van der Waals surface area contributed by atoms with E-state index in [1.807, 2.05) is 5.32 Å². The van der Waals surface area contributed by atoms with Crippen LogP contribution in [0.2, 0.25) is 0 Å². The number of benzene rings is 1. The Labute approximate surface area is 136 Å². The predicted octanol–water partition coefficient (Wildman–Crippen LogP) is 1.47. The molecule has 128 valence electrons. The first-order chi connectivity index (χ1) is 11.1. The lowest BCUT2D eigenvalue weighted by Gasteiger charge is -2.07. The van der Waals surface area contributed by atoms with Gasteiger partial charge in [-0.15, -0.1) is 0 Å². The molecule has 0 aliphatic rings. The SMILES string of the molecule is CS(=O)(=O)Cc1cc(N)nc(-c2ccc(NC(=O)C(F)F)cc2)n1. The molecule has 1 aromatic carbocycles. The topological polar surface area (TPSA) is 115 Å². The van der Waals surface area contributed by atoms with Gasteiger partial charge in [0, 0.05) is 23.6 Å². The Morgan fingerprint density at radius 3 is 2.42 bits per heavy atom. The van der Waals surface area contributed by atoms with Gasteiger partial charge in [0.2, 0.25) is 0 Å². The van der Waals surface area contributed by atoms with Crippen LogP contribution in [0.3, 0.4) is 0 Å². The van der Waals surface area contributed by atoms with Crippen LogP contribution in [0.4, 0.5) is 20.3 Å². The third-order valence-corrected chi connectivity index (χ3v) is 3.64. The van der Waals surface area contributed by atoms with E-state index in [0.717, 1.165) is 6.26 Å². The Morgan fingerprint density at radius 2 is 1.88 bits per heavy atom. The third kappa shape index (κ3) is 4.95. The maximum atomic E-state index is 12.2. The first-order valence-corrected chi connectivity index (χ1v) is 8.71. The van der Waals surface area contributed by atoms with Crippen molar-refractivity contribution in [1.82, 2.24) is 9.97 Å². The molecule has 7 nitrogen and oxygen atoms in total. The lowest BCUT2D eigenvalue weighted by Crippen LogP contribution is -2.19. The van der Waals surface area contributed by atoms with Crippen molar-refractivity contribution in [3.63, 3.8) is 0 Å². The predicted molar refractivity (Wildman–Crippen MR) is 85.1 cm³/mol. The summed E-state index contributed by atoms with van der Waals surface area (Å²) in [5.74, 6) is -1.39. The summed E-state index contributed by atoms with van der Waals surface area (Å²) in [6.45, 7) is 0. The number of nitrogens with two attached hydrogens (primary N) is 1. The van der Waals surface area contributed by atoms with E-state index >= 15 is 0 Å². The number of alkyl halides is 2. The third-order valence-electron chi connectivity index (χ3n) is 2.82. The minimum atomic E-state index is -3.29. The van der Waals surface area contributed by atoms with Crippen LogP contribution in [0, 0.1) is 0 Å². The Balaban J connectivity index is 2.27. The number of amides is 1. The summed E-state index contributed by atoms with van der Waals surface area (Å²) in [5, 5.41) is 2.04. The van der Waals surface area contributed by atoms with Gasteiger partial charge in [-0.3, -0.25) is 4.79 Å². The highest BCUT2D eigenvalue weighted by Crippen LogP contribution is 2.20. The van der Waals surface area contributed by atoms with Crippen molar-refractivity contribution in [2.45, 2.75) is 12.2 Å². The van der Waals surface area contributed by atoms with Crippen molar-refractivity contribution in [3.8, 4) is 11.4 Å². The van der Waals surface area contributed by atoms with E-state index in [9.17, 15) is 22.0 Å². The van der Waals surface area contributed by atoms with Crippen molar-refractivity contribution in [3.05, 3.63) is 36.0 Å². The molecule has 0 unspecified atom stereocenters. The minimum Gasteiger partial charge on any atom is -0.384 e. The molecule has 10 heteroatoms. The summed E-state index contributed by atoms with van der Waals surface area (Å²) < 4.78 is 47.1. The Kier molecular flexibility index (Phi) is 5.07. The normalized spacial score (nSPS) is 11.5. The molecule has 0 atom stereocenters. The summed E-state index contributed by atoms with van der Waals surface area (Å²) in [6.07, 6.45) is -2.04. The second-order valence-electron chi connectivity index (χ2n) is 5.05.